The summed E-state index contributed by atoms with van der Waals surface area (Å²) >= 11 is 6.14. The Balaban J connectivity index is 0.00000195. The maximum absolute atomic E-state index is 14.3. The van der Waals surface area contributed by atoms with Crippen LogP contribution >= 0.6 is 11.6 Å². The van der Waals surface area contributed by atoms with E-state index in [1.807, 2.05) is 0 Å². The summed E-state index contributed by atoms with van der Waals surface area (Å²) < 4.78 is 56.5. The molecule has 4 rings (SSSR count). The van der Waals surface area contributed by atoms with Crippen LogP contribution in [0.4, 0.5) is 13.2 Å². The van der Waals surface area contributed by atoms with Crippen molar-refractivity contribution in [2.24, 2.45) is 5.73 Å². The molecular formula is C27H34ClF3N4O2S. The molecule has 1 fully saturated rings. The zero-order chi connectivity index (χ0) is 28.0. The third kappa shape index (κ3) is 6.65. The smallest absolute Gasteiger partial charge is 0.333 e. The zero-order valence-corrected chi connectivity index (χ0v) is 23.5. The quantitative estimate of drug-likeness (QED) is 0.413. The second-order valence-corrected chi connectivity index (χ2v) is 11.2. The molecule has 208 valence electrons. The highest BCUT2D eigenvalue weighted by atomic mass is 35.5. The molecular weight excluding hydrogens is 537 g/mol. The van der Waals surface area contributed by atoms with E-state index in [1.54, 1.807) is 32.0 Å². The van der Waals surface area contributed by atoms with E-state index in [4.69, 9.17) is 11.6 Å². The van der Waals surface area contributed by atoms with Gasteiger partial charge in [0, 0.05) is 22.2 Å². The van der Waals surface area contributed by atoms with E-state index in [0.717, 1.165) is 38.4 Å². The molecule has 2 N–H and O–H groups in total. The summed E-state index contributed by atoms with van der Waals surface area (Å²) in [5.74, 6) is 0.383. The lowest BCUT2D eigenvalue weighted by atomic mass is 9.94. The SMILES string of the molecule is CCc1c(CN2CCCCC2)c(C(F)(F)F)cc2c(=O)n(Cc3cc(Cl)ccc3S(=O)CC)cnc12.CN. The number of aryl methyl sites for hydroxylation is 1. The number of fused-ring (bicyclic) bond motifs is 1. The molecule has 6 nitrogen and oxygen atoms in total. The Bertz CT molecular complexity index is 1350. The van der Waals surface area contributed by atoms with Crippen LogP contribution in [0.1, 0.15) is 55.4 Å². The second-order valence-electron chi connectivity index (χ2n) is 9.03. The molecule has 0 radical (unpaired) electrons. The highest BCUT2D eigenvalue weighted by molar-refractivity contribution is 7.85. The van der Waals surface area contributed by atoms with Crippen molar-refractivity contribution in [3.05, 3.63) is 68.2 Å². The lowest BCUT2D eigenvalue weighted by Gasteiger charge is -2.29. The number of nitrogens with two attached hydrogens (primary N) is 1. The van der Waals surface area contributed by atoms with Gasteiger partial charge in [-0.1, -0.05) is 31.9 Å². The van der Waals surface area contributed by atoms with Crippen LogP contribution in [0.15, 0.2) is 40.3 Å². The molecule has 1 saturated heterocycles. The van der Waals surface area contributed by atoms with Gasteiger partial charge in [-0.25, -0.2) is 4.98 Å². The second kappa shape index (κ2) is 13.2. The lowest BCUT2D eigenvalue weighted by Crippen LogP contribution is -2.31. The maximum atomic E-state index is 14.3. The van der Waals surface area contributed by atoms with Gasteiger partial charge in [0.2, 0.25) is 0 Å². The van der Waals surface area contributed by atoms with Crippen molar-refractivity contribution in [3.63, 3.8) is 0 Å². The third-order valence-corrected chi connectivity index (χ3v) is 8.34. The fourth-order valence-corrected chi connectivity index (χ4v) is 6.06. The number of benzene rings is 2. The number of nitrogens with zero attached hydrogens (tertiary/aromatic N) is 3. The Morgan fingerprint density at radius 2 is 1.74 bits per heavy atom. The van der Waals surface area contributed by atoms with E-state index in [0.29, 0.717) is 38.7 Å². The Hall–Kier alpha value is -2.27. The lowest BCUT2D eigenvalue weighted by molar-refractivity contribution is -0.138. The predicted molar refractivity (Wildman–Crippen MR) is 147 cm³/mol. The molecule has 0 aliphatic carbocycles. The summed E-state index contributed by atoms with van der Waals surface area (Å²) in [4.78, 5) is 20.5. The molecule has 0 saturated carbocycles. The van der Waals surface area contributed by atoms with Crippen LogP contribution in [0.25, 0.3) is 10.9 Å². The Kier molecular flexibility index (Phi) is 10.5. The molecule has 0 spiro atoms. The van der Waals surface area contributed by atoms with Gasteiger partial charge in [-0.15, -0.1) is 0 Å². The van der Waals surface area contributed by atoms with Gasteiger partial charge in [0.05, 0.1) is 40.1 Å². The van der Waals surface area contributed by atoms with Gasteiger partial charge in [-0.3, -0.25) is 18.5 Å². The molecule has 1 aromatic heterocycles. The van der Waals surface area contributed by atoms with E-state index in [2.05, 4.69) is 15.6 Å². The zero-order valence-electron chi connectivity index (χ0n) is 21.9. The Labute approximate surface area is 228 Å². The van der Waals surface area contributed by atoms with Crippen molar-refractivity contribution in [1.82, 2.24) is 14.5 Å². The number of alkyl halides is 3. The highest BCUT2D eigenvalue weighted by Gasteiger charge is 2.36. The van der Waals surface area contributed by atoms with Crippen molar-refractivity contribution in [1.29, 1.82) is 0 Å². The molecule has 0 amide bonds. The third-order valence-electron chi connectivity index (χ3n) is 6.70. The number of likely N-dealkylation sites (tertiary alicyclic amines) is 1. The van der Waals surface area contributed by atoms with Gasteiger partial charge >= 0.3 is 6.18 Å². The van der Waals surface area contributed by atoms with Gasteiger partial charge in [-0.2, -0.15) is 13.2 Å². The number of hydrogen-bond acceptors (Lipinski definition) is 5. The maximum Gasteiger partial charge on any atom is 0.416 e. The standard InChI is InChI=1S/C26H29ClF3N3O2S.CH5N/c1-3-19-21(15-32-10-6-5-7-11-32)22(26(28,29)30)13-20-24(19)31-16-33(25(20)34)14-17-12-18(27)8-9-23(17)36(35)4-2;1-2/h8-9,12-13,16H,3-7,10-11,14-15H2,1-2H3;2H2,1H3. The Morgan fingerprint density at radius 1 is 1.05 bits per heavy atom. The van der Waals surface area contributed by atoms with Crippen molar-refractivity contribution >= 4 is 33.3 Å². The van der Waals surface area contributed by atoms with E-state index in [1.165, 1.54) is 17.9 Å². The summed E-state index contributed by atoms with van der Waals surface area (Å²) in [5.41, 5.74) is 4.70. The normalized spacial score (nSPS) is 15.3. The van der Waals surface area contributed by atoms with Crippen LogP contribution in [0.5, 0.6) is 0 Å². The minimum atomic E-state index is -4.60. The highest BCUT2D eigenvalue weighted by Crippen LogP contribution is 2.37. The summed E-state index contributed by atoms with van der Waals surface area (Å²) in [7, 11) is 0.207. The average molecular weight is 571 g/mol. The number of halogens is 4. The first kappa shape index (κ1) is 30.3. The minimum Gasteiger partial charge on any atom is -0.333 e. The van der Waals surface area contributed by atoms with E-state index in [9.17, 15) is 22.2 Å². The molecule has 0 bridgehead atoms. The monoisotopic (exact) mass is 570 g/mol. The van der Waals surface area contributed by atoms with E-state index >= 15 is 0 Å². The molecule has 38 heavy (non-hydrogen) atoms. The molecule has 1 aliphatic heterocycles. The van der Waals surface area contributed by atoms with Crippen molar-refractivity contribution in [2.45, 2.75) is 63.7 Å². The summed E-state index contributed by atoms with van der Waals surface area (Å²) in [6.45, 7) is 5.28. The molecule has 11 heteroatoms. The van der Waals surface area contributed by atoms with Gasteiger partial charge < -0.3 is 5.73 Å². The molecule has 1 atom stereocenters. The Morgan fingerprint density at radius 3 is 2.34 bits per heavy atom. The molecule has 2 aromatic carbocycles. The van der Waals surface area contributed by atoms with Crippen LogP contribution in [0.2, 0.25) is 5.02 Å². The van der Waals surface area contributed by atoms with Gasteiger partial charge in [-0.05, 0) is 80.4 Å². The van der Waals surface area contributed by atoms with Crippen LogP contribution < -0.4 is 11.3 Å². The van der Waals surface area contributed by atoms with Crippen LogP contribution in [0, 0.1) is 0 Å². The molecule has 2 heterocycles. The number of hydrogen-bond donors (Lipinski definition) is 1. The van der Waals surface area contributed by atoms with Crippen LogP contribution in [-0.4, -0.2) is 44.5 Å². The fourth-order valence-electron chi connectivity index (χ4n) is 4.91. The number of piperidine rings is 1. The number of aromatic nitrogens is 2. The van der Waals surface area contributed by atoms with Crippen LogP contribution in [0.3, 0.4) is 0 Å². The van der Waals surface area contributed by atoms with Crippen molar-refractivity contribution in [2.75, 3.05) is 25.9 Å². The molecule has 1 unspecified atom stereocenters. The van der Waals surface area contributed by atoms with E-state index < -0.39 is 28.1 Å². The first-order chi connectivity index (χ1) is 18.1. The van der Waals surface area contributed by atoms with Crippen LogP contribution in [-0.2, 0) is 36.5 Å². The minimum absolute atomic E-state index is 0.00173. The fraction of sp³-hybridized carbons (Fsp3) is 0.481. The van der Waals surface area contributed by atoms with Crippen molar-refractivity contribution < 1.29 is 17.4 Å². The van der Waals surface area contributed by atoms with Crippen molar-refractivity contribution in [3.8, 4) is 0 Å². The molecule has 3 aromatic rings. The predicted octanol–water partition coefficient (Wildman–Crippen LogP) is 5.37. The number of rotatable bonds is 7. The topological polar surface area (TPSA) is 81.2 Å². The summed E-state index contributed by atoms with van der Waals surface area (Å²) in [6.07, 6.45) is 0.105. The average Bonchev–Trinajstić information content (AvgIpc) is 2.90. The van der Waals surface area contributed by atoms with Gasteiger partial charge in [0.25, 0.3) is 5.56 Å². The first-order valence-corrected chi connectivity index (χ1v) is 14.4. The first-order valence-electron chi connectivity index (χ1n) is 12.7. The van der Waals surface area contributed by atoms with Gasteiger partial charge in [0.15, 0.2) is 0 Å². The van der Waals surface area contributed by atoms with E-state index in [-0.39, 0.29) is 24.0 Å². The molecule has 1 aliphatic rings. The van der Waals surface area contributed by atoms with Gasteiger partial charge in [0.1, 0.15) is 0 Å². The summed E-state index contributed by atoms with van der Waals surface area (Å²) in [5, 5.41) is 0.350. The largest absolute Gasteiger partial charge is 0.416 e. The summed E-state index contributed by atoms with van der Waals surface area (Å²) in [6, 6.07) is 5.87.